The summed E-state index contributed by atoms with van der Waals surface area (Å²) in [6.45, 7) is 6.97. The van der Waals surface area contributed by atoms with Gasteiger partial charge in [0.05, 0.1) is 30.4 Å². The Kier molecular flexibility index (Phi) is 11.1. The van der Waals surface area contributed by atoms with Crippen molar-refractivity contribution in [2.45, 2.75) is 58.3 Å². The van der Waals surface area contributed by atoms with Gasteiger partial charge in [-0.15, -0.1) is 0 Å². The third-order valence-electron chi connectivity index (χ3n) is 7.28. The Morgan fingerprint density at radius 3 is 2.54 bits per heavy atom. The quantitative estimate of drug-likeness (QED) is 0.597. The van der Waals surface area contributed by atoms with Crippen LogP contribution in [0.15, 0.2) is 42.7 Å². The topological polar surface area (TPSA) is 95.4 Å². The zero-order valence-electron chi connectivity index (χ0n) is 24.2. The van der Waals surface area contributed by atoms with Crippen LogP contribution in [0.2, 0.25) is 0 Å². The average molecular weight is 541 g/mol. The fraction of sp³-hybridized carbons (Fsp3) is 0.567. The van der Waals surface area contributed by atoms with E-state index in [0.29, 0.717) is 36.6 Å². The summed E-state index contributed by atoms with van der Waals surface area (Å²) in [4.78, 5) is 36.4. The number of rotatable bonds is 6. The van der Waals surface area contributed by atoms with Crippen molar-refractivity contribution in [1.29, 1.82) is 0 Å². The third-order valence-corrected chi connectivity index (χ3v) is 7.28. The highest BCUT2D eigenvalue weighted by Gasteiger charge is 2.31. The van der Waals surface area contributed by atoms with E-state index < -0.39 is 6.04 Å². The van der Waals surface area contributed by atoms with Crippen LogP contribution in [0.3, 0.4) is 0 Å². The van der Waals surface area contributed by atoms with Gasteiger partial charge in [0.1, 0.15) is 5.75 Å². The minimum absolute atomic E-state index is 0.0766. The standard InChI is InChI=1S/C30H44N4O5/c1-21-18-34(22(2)20-35)30(37)26-17-25(32(4)5)10-11-27(26)39-23(3)9-7-8-16-38-28(21)19-33(6)29(36)24-12-14-31-15-13-24/h10-15,17,21-23,28,35H,7-9,16,18-20H2,1-6H3/t21-,22-,23-,28-/m0/s1. The number of hydrogen-bond acceptors (Lipinski definition) is 7. The smallest absolute Gasteiger partial charge is 0.258 e. The maximum atomic E-state index is 14.1. The minimum Gasteiger partial charge on any atom is -0.490 e. The Labute approximate surface area is 232 Å². The number of hydrogen-bond donors (Lipinski definition) is 1. The molecule has 0 saturated heterocycles. The molecule has 1 aromatic carbocycles. The van der Waals surface area contributed by atoms with Crippen LogP contribution in [-0.2, 0) is 4.74 Å². The fourth-order valence-electron chi connectivity index (χ4n) is 4.72. The number of benzene rings is 1. The number of amides is 2. The van der Waals surface area contributed by atoms with Crippen molar-refractivity contribution in [3.63, 3.8) is 0 Å². The third kappa shape index (κ3) is 8.16. The lowest BCUT2D eigenvalue weighted by atomic mass is 10.0. The molecule has 0 fully saturated rings. The number of aliphatic hydroxyl groups is 1. The first kappa shape index (κ1) is 30.4. The van der Waals surface area contributed by atoms with E-state index >= 15 is 0 Å². The molecule has 0 radical (unpaired) electrons. The van der Waals surface area contributed by atoms with Crippen LogP contribution in [0.5, 0.6) is 5.75 Å². The first-order chi connectivity index (χ1) is 18.6. The second kappa shape index (κ2) is 14.3. The lowest BCUT2D eigenvalue weighted by Crippen LogP contribution is -2.48. The number of aromatic nitrogens is 1. The molecule has 2 heterocycles. The summed E-state index contributed by atoms with van der Waals surface area (Å²) in [6.07, 6.45) is 5.43. The Morgan fingerprint density at radius 2 is 1.87 bits per heavy atom. The van der Waals surface area contributed by atoms with Crippen molar-refractivity contribution in [2.24, 2.45) is 5.92 Å². The monoisotopic (exact) mass is 540 g/mol. The Balaban J connectivity index is 1.93. The Bertz CT molecular complexity index is 1080. The molecule has 1 aliphatic rings. The van der Waals surface area contributed by atoms with Gasteiger partial charge in [-0.05, 0) is 63.4 Å². The zero-order valence-corrected chi connectivity index (χ0v) is 24.2. The van der Waals surface area contributed by atoms with Gasteiger partial charge in [0, 0.05) is 70.4 Å². The van der Waals surface area contributed by atoms with Gasteiger partial charge in [0.25, 0.3) is 11.8 Å². The molecule has 39 heavy (non-hydrogen) atoms. The first-order valence-electron chi connectivity index (χ1n) is 13.8. The van der Waals surface area contributed by atoms with Gasteiger partial charge in [0.15, 0.2) is 0 Å². The molecule has 2 amide bonds. The summed E-state index contributed by atoms with van der Waals surface area (Å²) >= 11 is 0. The molecular weight excluding hydrogens is 496 g/mol. The number of pyridine rings is 1. The molecule has 0 saturated carbocycles. The molecule has 214 valence electrons. The maximum Gasteiger partial charge on any atom is 0.258 e. The van der Waals surface area contributed by atoms with E-state index in [4.69, 9.17) is 9.47 Å². The summed E-state index contributed by atoms with van der Waals surface area (Å²) in [7, 11) is 5.63. The van der Waals surface area contributed by atoms with Crippen molar-refractivity contribution >= 4 is 17.5 Å². The summed E-state index contributed by atoms with van der Waals surface area (Å²) in [5, 5.41) is 10.1. The van der Waals surface area contributed by atoms with Crippen molar-refractivity contribution in [3.8, 4) is 5.75 Å². The van der Waals surface area contributed by atoms with E-state index in [0.717, 1.165) is 24.9 Å². The van der Waals surface area contributed by atoms with Crippen molar-refractivity contribution < 1.29 is 24.2 Å². The molecule has 4 atom stereocenters. The van der Waals surface area contributed by atoms with Gasteiger partial charge in [0.2, 0.25) is 0 Å². The van der Waals surface area contributed by atoms with E-state index in [-0.39, 0.29) is 36.5 Å². The number of carbonyl (C=O) groups is 2. The lowest BCUT2D eigenvalue weighted by Gasteiger charge is -2.36. The Morgan fingerprint density at radius 1 is 1.15 bits per heavy atom. The van der Waals surface area contributed by atoms with E-state index in [1.807, 2.05) is 58.0 Å². The fourth-order valence-corrected chi connectivity index (χ4v) is 4.72. The van der Waals surface area contributed by atoms with Gasteiger partial charge < -0.3 is 29.3 Å². The number of fused-ring (bicyclic) bond motifs is 1. The normalized spacial score (nSPS) is 21.8. The molecule has 0 spiro atoms. The van der Waals surface area contributed by atoms with Crippen LogP contribution < -0.4 is 9.64 Å². The molecule has 0 unspecified atom stereocenters. The predicted octanol–water partition coefficient (Wildman–Crippen LogP) is 3.72. The molecule has 1 aromatic heterocycles. The highest BCUT2D eigenvalue weighted by molar-refractivity contribution is 5.98. The zero-order chi connectivity index (χ0) is 28.5. The number of aliphatic hydroxyl groups excluding tert-OH is 1. The molecule has 1 aliphatic heterocycles. The highest BCUT2D eigenvalue weighted by Crippen LogP contribution is 2.29. The van der Waals surface area contributed by atoms with Gasteiger partial charge in [-0.2, -0.15) is 0 Å². The van der Waals surface area contributed by atoms with E-state index in [1.54, 1.807) is 41.4 Å². The molecular formula is C30H44N4O5. The van der Waals surface area contributed by atoms with Crippen LogP contribution in [-0.4, -0.2) is 97.4 Å². The van der Waals surface area contributed by atoms with E-state index in [9.17, 15) is 14.7 Å². The summed E-state index contributed by atoms with van der Waals surface area (Å²) < 4.78 is 12.6. The van der Waals surface area contributed by atoms with Gasteiger partial charge in [-0.3, -0.25) is 14.6 Å². The van der Waals surface area contributed by atoms with Crippen molar-refractivity contribution in [1.82, 2.24) is 14.8 Å². The van der Waals surface area contributed by atoms with Gasteiger partial charge >= 0.3 is 0 Å². The van der Waals surface area contributed by atoms with Crippen LogP contribution >= 0.6 is 0 Å². The van der Waals surface area contributed by atoms with Crippen LogP contribution in [0, 0.1) is 5.92 Å². The van der Waals surface area contributed by atoms with Crippen molar-refractivity contribution in [2.75, 3.05) is 52.3 Å². The number of likely N-dealkylation sites (N-methyl/N-ethyl adjacent to an activating group) is 1. The molecule has 0 bridgehead atoms. The van der Waals surface area contributed by atoms with Gasteiger partial charge in [-0.25, -0.2) is 0 Å². The van der Waals surface area contributed by atoms with Crippen molar-refractivity contribution in [3.05, 3.63) is 53.9 Å². The number of carbonyl (C=O) groups excluding carboxylic acids is 2. The molecule has 1 N–H and O–H groups in total. The summed E-state index contributed by atoms with van der Waals surface area (Å²) in [5.74, 6) is 0.124. The maximum absolute atomic E-state index is 14.1. The van der Waals surface area contributed by atoms with Gasteiger partial charge in [-0.1, -0.05) is 6.92 Å². The van der Waals surface area contributed by atoms with Crippen LogP contribution in [0.25, 0.3) is 0 Å². The second-order valence-electron chi connectivity index (χ2n) is 10.8. The average Bonchev–Trinajstić information content (AvgIpc) is 2.93. The predicted molar refractivity (Wildman–Crippen MR) is 152 cm³/mol. The second-order valence-corrected chi connectivity index (χ2v) is 10.8. The SMILES string of the molecule is C[C@H]1CCCCO[C@@H](CN(C)C(=O)c2ccncc2)[C@@H](C)CN([C@@H](C)CO)C(=O)c2cc(N(C)C)ccc2O1. The Hall–Kier alpha value is -3.17. The molecule has 9 heteroatoms. The highest BCUT2D eigenvalue weighted by atomic mass is 16.5. The summed E-state index contributed by atoms with van der Waals surface area (Å²) in [6, 6.07) is 8.64. The van der Waals surface area contributed by atoms with E-state index in [2.05, 4.69) is 4.98 Å². The molecule has 9 nitrogen and oxygen atoms in total. The molecule has 2 aromatic rings. The number of ether oxygens (including phenoxy) is 2. The van der Waals surface area contributed by atoms with Crippen LogP contribution in [0.1, 0.15) is 60.7 Å². The molecule has 0 aliphatic carbocycles. The largest absolute Gasteiger partial charge is 0.490 e. The number of nitrogens with zero attached hydrogens (tertiary/aromatic N) is 4. The van der Waals surface area contributed by atoms with Crippen LogP contribution in [0.4, 0.5) is 5.69 Å². The molecule has 3 rings (SSSR count). The minimum atomic E-state index is -0.419. The summed E-state index contributed by atoms with van der Waals surface area (Å²) in [5.41, 5.74) is 1.93. The van der Waals surface area contributed by atoms with E-state index in [1.165, 1.54) is 0 Å². The number of anilines is 1. The first-order valence-corrected chi connectivity index (χ1v) is 13.8. The lowest BCUT2D eigenvalue weighted by molar-refractivity contribution is -0.0149.